The van der Waals surface area contributed by atoms with Gasteiger partial charge in [0.1, 0.15) is 5.82 Å². The number of nitrogens with zero attached hydrogens (tertiary/aromatic N) is 1. The van der Waals surface area contributed by atoms with E-state index in [4.69, 9.17) is 4.98 Å². The lowest BCUT2D eigenvalue weighted by molar-refractivity contribution is 0.556. The fourth-order valence-electron chi connectivity index (χ4n) is 4.82. The number of rotatable bonds is 14. The highest BCUT2D eigenvalue weighted by atomic mass is 14.9. The average Bonchev–Trinajstić information content (AvgIpc) is 3.37. The van der Waals surface area contributed by atoms with Crippen LogP contribution >= 0.6 is 0 Å². The molecule has 182 valence electrons. The Balaban J connectivity index is 1.38. The van der Waals surface area contributed by atoms with Crippen LogP contribution in [0.15, 0.2) is 84.9 Å². The van der Waals surface area contributed by atoms with Crippen LogP contribution in [0.2, 0.25) is 0 Å². The molecule has 0 amide bonds. The van der Waals surface area contributed by atoms with Crippen LogP contribution in [0.25, 0.3) is 33.9 Å². The third kappa shape index (κ3) is 7.42. The van der Waals surface area contributed by atoms with Crippen molar-refractivity contribution in [3.05, 3.63) is 90.5 Å². The largest absolute Gasteiger partial charge is 0.337 e. The molecular weight excluding hydrogens is 424 g/mol. The number of H-pyrrole nitrogens is 1. The standard InChI is InChI=1S/C33H40N2/c1-2-3-4-5-6-7-8-9-10-13-19-27-20-18-25-30(26-27)33-34-31(28-21-14-11-15-22-28)32(35-33)29-23-16-12-17-24-29/h11-12,14-18,20-26H,2-10,13,19H2,1H3,(H,34,35). The molecule has 1 N–H and O–H groups in total. The molecule has 0 aliphatic carbocycles. The number of aryl methyl sites for hydroxylation is 1. The van der Waals surface area contributed by atoms with E-state index in [-0.39, 0.29) is 0 Å². The Hall–Kier alpha value is -3.13. The first kappa shape index (κ1) is 25.0. The molecule has 0 unspecified atom stereocenters. The van der Waals surface area contributed by atoms with Crippen LogP contribution in [-0.2, 0) is 6.42 Å². The second-order valence-electron chi connectivity index (χ2n) is 9.67. The molecular formula is C33H40N2. The molecule has 0 radical (unpaired) electrons. The summed E-state index contributed by atoms with van der Waals surface area (Å²) in [7, 11) is 0. The van der Waals surface area contributed by atoms with E-state index in [1.807, 2.05) is 0 Å². The Kier molecular flexibility index (Phi) is 9.76. The van der Waals surface area contributed by atoms with Gasteiger partial charge in [-0.3, -0.25) is 0 Å². The molecule has 0 saturated carbocycles. The molecule has 0 bridgehead atoms. The topological polar surface area (TPSA) is 28.7 Å². The van der Waals surface area contributed by atoms with Crippen LogP contribution in [0.1, 0.15) is 76.7 Å². The molecule has 0 aliphatic heterocycles. The second-order valence-corrected chi connectivity index (χ2v) is 9.67. The number of benzene rings is 3. The van der Waals surface area contributed by atoms with E-state index in [0.717, 1.165) is 40.3 Å². The van der Waals surface area contributed by atoms with E-state index in [9.17, 15) is 0 Å². The lowest BCUT2D eigenvalue weighted by Crippen LogP contribution is -1.89. The summed E-state index contributed by atoms with van der Waals surface area (Å²) in [4.78, 5) is 8.71. The second kappa shape index (κ2) is 13.7. The highest BCUT2D eigenvalue weighted by Crippen LogP contribution is 2.33. The van der Waals surface area contributed by atoms with Gasteiger partial charge in [0.15, 0.2) is 0 Å². The fraction of sp³-hybridized carbons (Fsp3) is 0.364. The Morgan fingerprint density at radius 2 is 1.14 bits per heavy atom. The number of aromatic nitrogens is 2. The van der Waals surface area contributed by atoms with E-state index < -0.39 is 0 Å². The van der Waals surface area contributed by atoms with Gasteiger partial charge in [-0.1, -0.05) is 144 Å². The summed E-state index contributed by atoms with van der Waals surface area (Å²) in [6.07, 6.45) is 14.9. The highest BCUT2D eigenvalue weighted by Gasteiger charge is 2.15. The van der Waals surface area contributed by atoms with Gasteiger partial charge in [-0.2, -0.15) is 0 Å². The molecule has 2 nitrogen and oxygen atoms in total. The van der Waals surface area contributed by atoms with Crippen LogP contribution in [0.3, 0.4) is 0 Å². The number of hydrogen-bond acceptors (Lipinski definition) is 1. The minimum absolute atomic E-state index is 0.938. The molecule has 3 aromatic carbocycles. The highest BCUT2D eigenvalue weighted by molar-refractivity contribution is 5.81. The van der Waals surface area contributed by atoms with Crippen LogP contribution < -0.4 is 0 Å². The van der Waals surface area contributed by atoms with Crippen LogP contribution in [0, 0.1) is 0 Å². The molecule has 0 saturated heterocycles. The first-order chi connectivity index (χ1) is 17.3. The van der Waals surface area contributed by atoms with E-state index in [1.54, 1.807) is 0 Å². The zero-order valence-electron chi connectivity index (χ0n) is 21.3. The molecule has 0 spiro atoms. The molecule has 4 aromatic rings. The van der Waals surface area contributed by atoms with E-state index in [2.05, 4.69) is 96.8 Å². The first-order valence-electron chi connectivity index (χ1n) is 13.7. The monoisotopic (exact) mass is 464 g/mol. The zero-order valence-corrected chi connectivity index (χ0v) is 21.3. The van der Waals surface area contributed by atoms with Crippen molar-refractivity contribution in [3.63, 3.8) is 0 Å². The Morgan fingerprint density at radius 3 is 1.80 bits per heavy atom. The van der Waals surface area contributed by atoms with E-state index in [1.165, 1.54) is 69.8 Å². The van der Waals surface area contributed by atoms with Crippen LogP contribution in [0.5, 0.6) is 0 Å². The summed E-state index contributed by atoms with van der Waals surface area (Å²) >= 11 is 0. The molecule has 2 heteroatoms. The van der Waals surface area contributed by atoms with Gasteiger partial charge < -0.3 is 4.98 Å². The lowest BCUT2D eigenvalue weighted by Gasteiger charge is -2.05. The summed E-state index contributed by atoms with van der Waals surface area (Å²) in [5, 5.41) is 0. The summed E-state index contributed by atoms with van der Waals surface area (Å²) in [5.74, 6) is 0.938. The van der Waals surface area contributed by atoms with Crippen molar-refractivity contribution in [2.24, 2.45) is 0 Å². The number of imidazole rings is 1. The van der Waals surface area contributed by atoms with Gasteiger partial charge in [-0.15, -0.1) is 0 Å². The normalized spacial score (nSPS) is 11.1. The number of nitrogens with one attached hydrogen (secondary N) is 1. The molecule has 35 heavy (non-hydrogen) atoms. The SMILES string of the molecule is CCCCCCCCCCCCc1cccc(-c2nc(-c3ccccc3)c(-c3ccccc3)[nH]2)c1. The van der Waals surface area contributed by atoms with Crippen molar-refractivity contribution >= 4 is 0 Å². The summed E-state index contributed by atoms with van der Waals surface area (Å²) < 4.78 is 0. The van der Waals surface area contributed by atoms with Crippen molar-refractivity contribution < 1.29 is 0 Å². The molecule has 0 fully saturated rings. The van der Waals surface area contributed by atoms with Gasteiger partial charge in [0.2, 0.25) is 0 Å². The maximum Gasteiger partial charge on any atom is 0.138 e. The van der Waals surface area contributed by atoms with Gasteiger partial charge in [-0.05, 0) is 24.5 Å². The first-order valence-corrected chi connectivity index (χ1v) is 13.7. The van der Waals surface area contributed by atoms with Gasteiger partial charge in [0.05, 0.1) is 11.4 Å². The van der Waals surface area contributed by atoms with Gasteiger partial charge in [0, 0.05) is 16.7 Å². The van der Waals surface area contributed by atoms with Crippen molar-refractivity contribution in [2.75, 3.05) is 0 Å². The van der Waals surface area contributed by atoms with Gasteiger partial charge in [-0.25, -0.2) is 4.98 Å². The predicted molar refractivity (Wildman–Crippen MR) is 150 cm³/mol. The van der Waals surface area contributed by atoms with Crippen molar-refractivity contribution in [1.29, 1.82) is 0 Å². The maximum absolute atomic E-state index is 5.07. The third-order valence-electron chi connectivity index (χ3n) is 6.83. The third-order valence-corrected chi connectivity index (χ3v) is 6.83. The Labute approximate surface area is 211 Å². The maximum atomic E-state index is 5.07. The van der Waals surface area contributed by atoms with Crippen LogP contribution in [0.4, 0.5) is 0 Å². The minimum atomic E-state index is 0.938. The number of aromatic amines is 1. The zero-order chi connectivity index (χ0) is 24.1. The number of hydrogen-bond donors (Lipinski definition) is 1. The smallest absolute Gasteiger partial charge is 0.138 e. The fourth-order valence-corrected chi connectivity index (χ4v) is 4.82. The van der Waals surface area contributed by atoms with E-state index >= 15 is 0 Å². The van der Waals surface area contributed by atoms with Crippen molar-refractivity contribution in [3.8, 4) is 33.9 Å². The predicted octanol–water partition coefficient (Wildman–Crippen LogP) is 9.87. The van der Waals surface area contributed by atoms with Gasteiger partial charge in [0.25, 0.3) is 0 Å². The molecule has 1 heterocycles. The van der Waals surface area contributed by atoms with Crippen molar-refractivity contribution in [1.82, 2.24) is 9.97 Å². The summed E-state index contributed by atoms with van der Waals surface area (Å²) in [5.41, 5.74) is 6.94. The Morgan fingerprint density at radius 1 is 0.571 bits per heavy atom. The summed E-state index contributed by atoms with van der Waals surface area (Å²) in [6, 6.07) is 29.9. The van der Waals surface area contributed by atoms with E-state index in [0.29, 0.717) is 0 Å². The Bertz CT molecular complexity index is 1070. The summed E-state index contributed by atoms with van der Waals surface area (Å²) in [6.45, 7) is 2.29. The molecule has 4 rings (SSSR count). The number of unbranched alkanes of at least 4 members (excludes halogenated alkanes) is 9. The molecule has 0 atom stereocenters. The quantitative estimate of drug-likeness (QED) is 0.185. The lowest BCUT2D eigenvalue weighted by atomic mass is 10.0. The minimum Gasteiger partial charge on any atom is -0.337 e. The molecule has 0 aliphatic rings. The molecule has 1 aromatic heterocycles. The van der Waals surface area contributed by atoms with Gasteiger partial charge >= 0.3 is 0 Å². The van der Waals surface area contributed by atoms with Crippen molar-refractivity contribution in [2.45, 2.75) is 77.6 Å². The van der Waals surface area contributed by atoms with Crippen LogP contribution in [-0.4, -0.2) is 9.97 Å². The average molecular weight is 465 g/mol.